The Morgan fingerprint density at radius 1 is 1.00 bits per heavy atom. The van der Waals surface area contributed by atoms with E-state index in [1.807, 2.05) is 11.8 Å². The molecule has 13 nitrogen and oxygen atoms in total. The zero-order valence-electron chi connectivity index (χ0n) is 29.0. The number of aromatic nitrogens is 5. The molecule has 3 N–H and O–H groups in total. The van der Waals surface area contributed by atoms with Crippen LogP contribution in [0, 0.1) is 5.92 Å². The molecule has 51 heavy (non-hydrogen) atoms. The van der Waals surface area contributed by atoms with E-state index in [9.17, 15) is 27.6 Å². The maximum Gasteiger partial charge on any atom is 0.435 e. The van der Waals surface area contributed by atoms with Crippen LogP contribution in [0.3, 0.4) is 0 Å². The maximum absolute atomic E-state index is 14.1. The van der Waals surface area contributed by atoms with Crippen LogP contribution in [0.4, 0.5) is 24.5 Å². The first-order valence-electron chi connectivity index (χ1n) is 16.5. The fourth-order valence-electron chi connectivity index (χ4n) is 5.91. The Balaban J connectivity index is 1.26. The van der Waals surface area contributed by atoms with Crippen LogP contribution in [0.5, 0.6) is 0 Å². The number of nitrogens with zero attached hydrogens (tertiary/aromatic N) is 7. The molecule has 272 valence electrons. The van der Waals surface area contributed by atoms with Crippen molar-refractivity contribution in [2.75, 3.05) is 64.5 Å². The minimum absolute atomic E-state index is 0.00567. The van der Waals surface area contributed by atoms with Crippen LogP contribution < -0.4 is 15.5 Å². The topological polar surface area (TPSA) is 135 Å². The third kappa shape index (κ3) is 8.34. The van der Waals surface area contributed by atoms with Crippen LogP contribution in [0.25, 0.3) is 17.1 Å². The van der Waals surface area contributed by atoms with Gasteiger partial charge in [0.1, 0.15) is 0 Å². The Kier molecular flexibility index (Phi) is 11.3. The van der Waals surface area contributed by atoms with E-state index in [2.05, 4.69) is 39.8 Å². The van der Waals surface area contributed by atoms with Gasteiger partial charge in [-0.05, 0) is 36.8 Å². The van der Waals surface area contributed by atoms with Crippen LogP contribution in [-0.2, 0) is 18.0 Å². The fraction of sp³-hybridized carbons (Fsp3) is 0.412. The lowest BCUT2D eigenvalue weighted by Gasteiger charge is -2.36. The van der Waals surface area contributed by atoms with Gasteiger partial charge in [-0.2, -0.15) is 18.3 Å². The van der Waals surface area contributed by atoms with Gasteiger partial charge in [0.2, 0.25) is 5.91 Å². The summed E-state index contributed by atoms with van der Waals surface area (Å²) in [5.74, 6) is -0.929. The van der Waals surface area contributed by atoms with Crippen molar-refractivity contribution in [3.63, 3.8) is 0 Å². The molecule has 0 radical (unpaired) electrons. The number of piperazine rings is 1. The van der Waals surface area contributed by atoms with E-state index in [4.69, 9.17) is 11.6 Å². The molecular formula is C34H41ClF3N10O3+. The van der Waals surface area contributed by atoms with Gasteiger partial charge in [0, 0.05) is 64.5 Å². The second-order valence-corrected chi connectivity index (χ2v) is 13.0. The van der Waals surface area contributed by atoms with Gasteiger partial charge in [-0.15, -0.1) is 0 Å². The van der Waals surface area contributed by atoms with E-state index in [-0.39, 0.29) is 56.9 Å². The highest BCUT2D eigenvalue weighted by Crippen LogP contribution is 2.37. The number of carbonyl (C=O) groups excluding carboxylic acids is 3. The number of hydrogen-bond donors (Lipinski definition) is 3. The highest BCUT2D eigenvalue weighted by Gasteiger charge is 2.39. The number of benzene rings is 1. The van der Waals surface area contributed by atoms with Gasteiger partial charge in [0.25, 0.3) is 11.8 Å². The number of halogens is 4. The number of amides is 3. The van der Waals surface area contributed by atoms with E-state index in [0.29, 0.717) is 31.9 Å². The first-order valence-corrected chi connectivity index (χ1v) is 16.9. The van der Waals surface area contributed by atoms with Gasteiger partial charge in [0.05, 0.1) is 60.6 Å². The van der Waals surface area contributed by atoms with Crippen LogP contribution in [0.1, 0.15) is 46.4 Å². The summed E-state index contributed by atoms with van der Waals surface area (Å²) in [5.41, 5.74) is -0.281. The number of anilines is 2. The standard InChI is InChI=1S/C34H40ClF3N10O3/c1-6-21(11-12-44(3)4)32(50)46-13-15-47(16-14-46)33(51)24-9-7-22(17-26(24)35)42-31(49)30-41-19-27(45(30)5)25-20-48(43-29(25)34(36,37)38)28-10-8-23(39-2)18-40-28/h7-10,17-21,39H,6,11-16H2,1-5H3,(H,42,49)/p+1/t21-/m0/s1. The van der Waals surface area contributed by atoms with E-state index in [1.54, 1.807) is 18.0 Å². The molecule has 0 spiro atoms. The predicted octanol–water partition coefficient (Wildman–Crippen LogP) is 3.48. The molecule has 0 bridgehead atoms. The van der Waals surface area contributed by atoms with Crippen LogP contribution in [0.15, 0.2) is 48.9 Å². The van der Waals surface area contributed by atoms with Gasteiger partial charge in [0.15, 0.2) is 17.3 Å². The van der Waals surface area contributed by atoms with E-state index >= 15 is 0 Å². The first kappa shape index (κ1) is 37.3. The van der Waals surface area contributed by atoms with E-state index in [0.717, 1.165) is 30.3 Å². The molecule has 4 heterocycles. The summed E-state index contributed by atoms with van der Waals surface area (Å²) in [6.07, 6.45) is 0.590. The van der Waals surface area contributed by atoms with Crippen molar-refractivity contribution in [3.8, 4) is 17.1 Å². The zero-order valence-corrected chi connectivity index (χ0v) is 29.8. The summed E-state index contributed by atoms with van der Waals surface area (Å²) in [5, 5.41) is 9.40. The van der Waals surface area contributed by atoms with Gasteiger partial charge >= 0.3 is 6.18 Å². The number of alkyl halides is 3. The molecule has 0 aliphatic carbocycles. The van der Waals surface area contributed by atoms with Crippen molar-refractivity contribution in [3.05, 3.63) is 71.0 Å². The van der Waals surface area contributed by atoms with Gasteiger partial charge < -0.3 is 29.9 Å². The van der Waals surface area contributed by atoms with Crippen molar-refractivity contribution < 1.29 is 32.5 Å². The third-order valence-electron chi connectivity index (χ3n) is 8.89. The molecule has 1 fully saturated rings. The van der Waals surface area contributed by atoms with Crippen molar-refractivity contribution in [2.45, 2.75) is 25.9 Å². The number of hydrogen-bond acceptors (Lipinski definition) is 7. The fourth-order valence-corrected chi connectivity index (χ4v) is 6.17. The summed E-state index contributed by atoms with van der Waals surface area (Å²) >= 11 is 6.51. The normalized spacial score (nSPS) is 14.2. The average Bonchev–Trinajstić information content (AvgIpc) is 3.72. The summed E-state index contributed by atoms with van der Waals surface area (Å²) in [6.45, 7) is 4.51. The Hall–Kier alpha value is -4.96. The number of quaternary nitrogens is 1. The summed E-state index contributed by atoms with van der Waals surface area (Å²) in [4.78, 5) is 52.7. The highest BCUT2D eigenvalue weighted by atomic mass is 35.5. The number of pyridine rings is 1. The third-order valence-corrected chi connectivity index (χ3v) is 9.20. The Bertz CT molecular complexity index is 1880. The van der Waals surface area contributed by atoms with Gasteiger partial charge in [-0.25, -0.2) is 14.6 Å². The predicted molar refractivity (Wildman–Crippen MR) is 186 cm³/mol. The summed E-state index contributed by atoms with van der Waals surface area (Å²) < 4.78 is 44.5. The SMILES string of the molecule is CC[C@@H](CC[NH+](C)C)C(=O)N1CCN(C(=O)c2ccc(NC(=O)c3ncc(-c4cn(-c5ccc(NC)cn5)nc4C(F)(F)F)n3C)cc2Cl)CC1. The molecule has 17 heteroatoms. The van der Waals surface area contributed by atoms with Crippen LogP contribution in [-0.4, -0.2) is 106 Å². The monoisotopic (exact) mass is 729 g/mol. The molecule has 1 saturated heterocycles. The average molecular weight is 730 g/mol. The Morgan fingerprint density at radius 3 is 2.27 bits per heavy atom. The molecule has 1 atom stereocenters. The Morgan fingerprint density at radius 2 is 1.69 bits per heavy atom. The highest BCUT2D eigenvalue weighted by molar-refractivity contribution is 6.34. The van der Waals surface area contributed by atoms with Crippen molar-refractivity contribution in [1.29, 1.82) is 0 Å². The largest absolute Gasteiger partial charge is 0.435 e. The van der Waals surface area contributed by atoms with Crippen LogP contribution in [0.2, 0.25) is 5.02 Å². The number of imidazole rings is 1. The van der Waals surface area contributed by atoms with Crippen molar-refractivity contribution >= 4 is 40.7 Å². The lowest BCUT2D eigenvalue weighted by atomic mass is 10.00. The van der Waals surface area contributed by atoms with Crippen LogP contribution >= 0.6 is 11.6 Å². The first-order chi connectivity index (χ1) is 24.2. The molecule has 3 amide bonds. The van der Waals surface area contributed by atoms with Gasteiger partial charge in [-0.1, -0.05) is 18.5 Å². The molecule has 0 saturated carbocycles. The molecular weight excluding hydrogens is 689 g/mol. The Labute approximate surface area is 298 Å². The van der Waals surface area contributed by atoms with Crippen molar-refractivity contribution in [2.24, 2.45) is 13.0 Å². The maximum atomic E-state index is 14.1. The minimum atomic E-state index is -4.80. The number of carbonyl (C=O) groups is 3. The molecule has 1 aliphatic rings. The van der Waals surface area contributed by atoms with Crippen molar-refractivity contribution in [1.82, 2.24) is 34.1 Å². The quantitative estimate of drug-likeness (QED) is 0.215. The number of nitrogens with one attached hydrogen (secondary N) is 3. The van der Waals surface area contributed by atoms with E-state index in [1.165, 1.54) is 53.2 Å². The second-order valence-electron chi connectivity index (χ2n) is 12.6. The second kappa shape index (κ2) is 15.5. The molecule has 3 aromatic heterocycles. The molecule has 5 rings (SSSR count). The lowest BCUT2D eigenvalue weighted by molar-refractivity contribution is -0.858. The zero-order chi connectivity index (χ0) is 37.0. The van der Waals surface area contributed by atoms with E-state index < -0.39 is 17.8 Å². The molecule has 1 aliphatic heterocycles. The molecule has 0 unspecified atom stereocenters. The minimum Gasteiger partial charge on any atom is -0.387 e. The molecule has 4 aromatic rings. The number of rotatable bonds is 11. The summed E-state index contributed by atoms with van der Waals surface area (Å²) in [7, 11) is 7.23. The van der Waals surface area contributed by atoms with Gasteiger partial charge in [-0.3, -0.25) is 14.4 Å². The molecule has 1 aromatic carbocycles. The lowest BCUT2D eigenvalue weighted by Crippen LogP contribution is -3.05. The summed E-state index contributed by atoms with van der Waals surface area (Å²) in [6, 6.07) is 7.61. The smallest absolute Gasteiger partial charge is 0.387 e.